The molecule has 0 spiro atoms. The molecule has 2 aromatic rings. The number of hydrogen-bond acceptors (Lipinski definition) is 2. The molecule has 1 aromatic heterocycles. The average Bonchev–Trinajstić information content (AvgIpc) is 2.70. The van der Waals surface area contributed by atoms with Crippen LogP contribution in [0.3, 0.4) is 0 Å². The van der Waals surface area contributed by atoms with Crippen LogP contribution in [0.4, 0.5) is 0 Å². The molecule has 19 heavy (non-hydrogen) atoms. The number of hydrogen-bond donors (Lipinski definition) is 0. The molecule has 0 saturated carbocycles. The van der Waals surface area contributed by atoms with Crippen LogP contribution < -0.4 is 0 Å². The summed E-state index contributed by atoms with van der Waals surface area (Å²) in [6, 6.07) is 5.42. The van der Waals surface area contributed by atoms with Crippen molar-refractivity contribution in [1.82, 2.24) is 14.8 Å². The largest absolute Gasteiger partial charge is 0.294 e. The number of benzene rings is 1. The highest BCUT2D eigenvalue weighted by molar-refractivity contribution is 6.35. The molecule has 0 N–H and O–H groups in total. The van der Waals surface area contributed by atoms with E-state index in [-0.39, 0.29) is 6.04 Å². The Hall–Kier alpha value is -0.770. The molecule has 0 aliphatic rings. The van der Waals surface area contributed by atoms with Crippen LogP contribution in [-0.2, 0) is 6.42 Å². The molecular formula is C13H14Cl3N3. The van der Waals surface area contributed by atoms with Gasteiger partial charge >= 0.3 is 0 Å². The number of aromatic nitrogens is 3. The van der Waals surface area contributed by atoms with E-state index >= 15 is 0 Å². The second-order valence-corrected chi connectivity index (χ2v) is 5.53. The van der Waals surface area contributed by atoms with E-state index in [4.69, 9.17) is 34.8 Å². The smallest absolute Gasteiger partial charge is 0.225 e. The van der Waals surface area contributed by atoms with Crippen LogP contribution in [-0.4, -0.2) is 14.8 Å². The van der Waals surface area contributed by atoms with Gasteiger partial charge in [-0.15, -0.1) is 10.2 Å². The molecule has 0 saturated heterocycles. The van der Waals surface area contributed by atoms with Crippen LogP contribution in [0.15, 0.2) is 18.2 Å². The summed E-state index contributed by atoms with van der Waals surface area (Å²) in [4.78, 5) is 0. The molecule has 1 heterocycles. The minimum absolute atomic E-state index is 0.0335. The zero-order chi connectivity index (χ0) is 14.0. The molecule has 0 fully saturated rings. The lowest BCUT2D eigenvalue weighted by atomic mass is 10.1. The van der Waals surface area contributed by atoms with Crippen molar-refractivity contribution < 1.29 is 0 Å². The Balaban J connectivity index is 2.43. The van der Waals surface area contributed by atoms with Gasteiger partial charge in [-0.2, -0.15) is 0 Å². The summed E-state index contributed by atoms with van der Waals surface area (Å²) >= 11 is 18.3. The summed E-state index contributed by atoms with van der Waals surface area (Å²) in [6.45, 7) is 4.11. The molecule has 6 heteroatoms. The maximum Gasteiger partial charge on any atom is 0.225 e. The highest BCUT2D eigenvalue weighted by Crippen LogP contribution is 2.31. The molecule has 1 atom stereocenters. The first-order chi connectivity index (χ1) is 9.04. The first-order valence-corrected chi connectivity index (χ1v) is 7.22. The molecule has 3 nitrogen and oxygen atoms in total. The van der Waals surface area contributed by atoms with Gasteiger partial charge in [0.05, 0.1) is 6.04 Å². The fraction of sp³-hybridized carbons (Fsp3) is 0.385. The average molecular weight is 319 g/mol. The minimum Gasteiger partial charge on any atom is -0.294 e. The van der Waals surface area contributed by atoms with Crippen LogP contribution >= 0.6 is 34.8 Å². The minimum atomic E-state index is -0.0335. The molecule has 0 bridgehead atoms. The lowest BCUT2D eigenvalue weighted by Gasteiger charge is -2.18. The van der Waals surface area contributed by atoms with Gasteiger partial charge in [0.15, 0.2) is 0 Å². The van der Waals surface area contributed by atoms with Crippen molar-refractivity contribution in [2.45, 2.75) is 32.7 Å². The fourth-order valence-corrected chi connectivity index (χ4v) is 2.91. The number of halogens is 3. The van der Waals surface area contributed by atoms with Gasteiger partial charge < -0.3 is 0 Å². The fourth-order valence-electron chi connectivity index (χ4n) is 2.06. The summed E-state index contributed by atoms with van der Waals surface area (Å²) in [5.41, 5.74) is 0.949. The van der Waals surface area contributed by atoms with Crippen molar-refractivity contribution in [2.24, 2.45) is 0 Å². The van der Waals surface area contributed by atoms with E-state index in [0.29, 0.717) is 15.3 Å². The van der Waals surface area contributed by atoms with Crippen molar-refractivity contribution in [3.05, 3.63) is 44.9 Å². The van der Waals surface area contributed by atoms with Crippen LogP contribution in [0.2, 0.25) is 15.3 Å². The van der Waals surface area contributed by atoms with Crippen LogP contribution in [0.1, 0.15) is 37.7 Å². The molecule has 0 aliphatic heterocycles. The third-order valence-electron chi connectivity index (χ3n) is 3.00. The Morgan fingerprint density at radius 3 is 2.58 bits per heavy atom. The number of rotatable bonds is 4. The van der Waals surface area contributed by atoms with Gasteiger partial charge in [0, 0.05) is 16.5 Å². The lowest BCUT2D eigenvalue weighted by molar-refractivity contribution is 0.596. The van der Waals surface area contributed by atoms with E-state index in [2.05, 4.69) is 17.1 Å². The lowest BCUT2D eigenvalue weighted by Crippen LogP contribution is -2.11. The normalized spacial score (nSPS) is 12.7. The van der Waals surface area contributed by atoms with E-state index in [0.717, 1.165) is 24.2 Å². The zero-order valence-electron chi connectivity index (χ0n) is 10.7. The second-order valence-electron chi connectivity index (χ2n) is 4.35. The molecule has 2 rings (SSSR count). The summed E-state index contributed by atoms with van der Waals surface area (Å²) in [6.07, 6.45) is 1.81. The monoisotopic (exact) mass is 317 g/mol. The van der Waals surface area contributed by atoms with Crippen molar-refractivity contribution in [3.63, 3.8) is 0 Å². The van der Waals surface area contributed by atoms with Gasteiger partial charge in [0.2, 0.25) is 5.28 Å². The summed E-state index contributed by atoms with van der Waals surface area (Å²) in [7, 11) is 0. The topological polar surface area (TPSA) is 30.7 Å². The van der Waals surface area contributed by atoms with Crippen molar-refractivity contribution in [1.29, 1.82) is 0 Å². The third kappa shape index (κ3) is 3.04. The van der Waals surface area contributed by atoms with Gasteiger partial charge in [0.1, 0.15) is 5.82 Å². The van der Waals surface area contributed by atoms with Crippen molar-refractivity contribution >= 4 is 34.8 Å². The third-order valence-corrected chi connectivity index (χ3v) is 3.82. The van der Waals surface area contributed by atoms with E-state index < -0.39 is 0 Å². The molecule has 1 unspecified atom stereocenters. The molecular weight excluding hydrogens is 305 g/mol. The van der Waals surface area contributed by atoms with Crippen LogP contribution in [0, 0.1) is 0 Å². The van der Waals surface area contributed by atoms with Gasteiger partial charge in [-0.3, -0.25) is 4.57 Å². The molecule has 0 radical (unpaired) electrons. The van der Waals surface area contributed by atoms with Crippen molar-refractivity contribution in [3.8, 4) is 0 Å². The predicted octanol–water partition coefficient (Wildman–Crippen LogP) is 4.80. The Labute approximate surface area is 127 Å². The van der Waals surface area contributed by atoms with E-state index in [1.54, 1.807) is 6.07 Å². The van der Waals surface area contributed by atoms with Crippen LogP contribution in [0.5, 0.6) is 0 Å². The standard InChI is InChI=1S/C13H14Cl3N3/c1-3-4-12-17-18-13(16)19(12)8(2)10-6-5-9(14)7-11(10)15/h5-8H,3-4H2,1-2H3. The van der Waals surface area contributed by atoms with E-state index in [1.165, 1.54) is 0 Å². The predicted molar refractivity (Wildman–Crippen MR) is 79.3 cm³/mol. The van der Waals surface area contributed by atoms with E-state index in [1.807, 2.05) is 23.6 Å². The van der Waals surface area contributed by atoms with Gasteiger partial charge in [-0.05, 0) is 42.6 Å². The maximum absolute atomic E-state index is 6.24. The zero-order valence-corrected chi connectivity index (χ0v) is 13.0. The van der Waals surface area contributed by atoms with E-state index in [9.17, 15) is 0 Å². The second kappa shape index (κ2) is 6.12. The molecule has 1 aromatic carbocycles. The Bertz CT molecular complexity index is 581. The Kier molecular flexibility index (Phi) is 4.71. The summed E-state index contributed by atoms with van der Waals surface area (Å²) < 4.78 is 1.90. The Morgan fingerprint density at radius 1 is 1.21 bits per heavy atom. The first kappa shape index (κ1) is 14.6. The van der Waals surface area contributed by atoms with Crippen LogP contribution in [0.25, 0.3) is 0 Å². The quantitative estimate of drug-likeness (QED) is 0.810. The van der Waals surface area contributed by atoms with Gasteiger partial charge in [0.25, 0.3) is 0 Å². The molecule has 102 valence electrons. The molecule has 0 amide bonds. The highest BCUT2D eigenvalue weighted by atomic mass is 35.5. The van der Waals surface area contributed by atoms with Gasteiger partial charge in [-0.1, -0.05) is 36.2 Å². The first-order valence-electron chi connectivity index (χ1n) is 6.08. The molecule has 0 aliphatic carbocycles. The Morgan fingerprint density at radius 2 is 1.95 bits per heavy atom. The summed E-state index contributed by atoms with van der Waals surface area (Å²) in [5.74, 6) is 0.867. The SMILES string of the molecule is CCCc1nnc(Cl)n1C(C)c1ccc(Cl)cc1Cl. The number of aryl methyl sites for hydroxylation is 1. The highest BCUT2D eigenvalue weighted by Gasteiger charge is 2.19. The van der Waals surface area contributed by atoms with Gasteiger partial charge in [-0.25, -0.2) is 0 Å². The summed E-state index contributed by atoms with van der Waals surface area (Å²) in [5, 5.41) is 9.66. The maximum atomic E-state index is 6.24. The van der Waals surface area contributed by atoms with Crippen molar-refractivity contribution in [2.75, 3.05) is 0 Å². The number of nitrogens with zero attached hydrogens (tertiary/aromatic N) is 3.